The van der Waals surface area contributed by atoms with Crippen LogP contribution in [0, 0.1) is 11.6 Å². The monoisotopic (exact) mass is 338 g/mol. The normalized spacial score (nSPS) is 12.0. The first kappa shape index (κ1) is 16.9. The molecule has 0 unspecified atom stereocenters. The smallest absolute Gasteiger partial charge is 0.150 e. The number of carbonyl (C=O) groups excluding carboxylic acids is 1. The van der Waals surface area contributed by atoms with Crippen molar-refractivity contribution < 1.29 is 13.6 Å². The third-order valence-electron chi connectivity index (χ3n) is 3.90. The molecule has 0 fully saturated rings. The molecule has 0 bridgehead atoms. The molecule has 0 aliphatic rings. The Labute approximate surface area is 144 Å². The molecule has 0 aliphatic carbocycles. The Morgan fingerprint density at radius 2 is 1.80 bits per heavy atom. The van der Waals surface area contributed by atoms with Crippen molar-refractivity contribution in [3.05, 3.63) is 89.2 Å². The fourth-order valence-corrected chi connectivity index (χ4v) is 2.82. The van der Waals surface area contributed by atoms with Crippen LogP contribution in [0.15, 0.2) is 60.8 Å². The van der Waals surface area contributed by atoms with Crippen LogP contribution in [0.2, 0.25) is 0 Å². The van der Waals surface area contributed by atoms with Gasteiger partial charge in [0.1, 0.15) is 17.9 Å². The van der Waals surface area contributed by atoms with Crippen LogP contribution in [0.25, 0.3) is 11.1 Å². The molecule has 3 rings (SSSR count). The highest BCUT2D eigenvalue weighted by Gasteiger charge is 2.15. The van der Waals surface area contributed by atoms with Crippen molar-refractivity contribution >= 4 is 6.29 Å². The average Bonchev–Trinajstić information content (AvgIpc) is 2.61. The number of hydrogen-bond acceptors (Lipinski definition) is 3. The molecular formula is C20H16F2N2O. The van der Waals surface area contributed by atoms with E-state index < -0.39 is 17.7 Å². The molecule has 1 atom stereocenters. The fourth-order valence-electron chi connectivity index (χ4n) is 2.82. The van der Waals surface area contributed by atoms with Gasteiger partial charge in [0.15, 0.2) is 0 Å². The number of aldehydes is 1. The average molecular weight is 338 g/mol. The molecular weight excluding hydrogens is 322 g/mol. The van der Waals surface area contributed by atoms with Crippen molar-refractivity contribution in [1.29, 1.82) is 0 Å². The van der Waals surface area contributed by atoms with E-state index in [4.69, 9.17) is 5.73 Å². The molecule has 0 amide bonds. The summed E-state index contributed by atoms with van der Waals surface area (Å²) < 4.78 is 26.8. The van der Waals surface area contributed by atoms with Crippen LogP contribution in [0.1, 0.15) is 27.7 Å². The molecule has 1 heterocycles. The van der Waals surface area contributed by atoms with Gasteiger partial charge in [-0.15, -0.1) is 0 Å². The Hall–Kier alpha value is -2.92. The molecule has 0 saturated carbocycles. The Morgan fingerprint density at radius 1 is 1.04 bits per heavy atom. The maximum Gasteiger partial charge on any atom is 0.150 e. The number of aromatic nitrogens is 1. The Bertz CT molecular complexity index is 891. The number of carbonyl (C=O) groups is 1. The van der Waals surface area contributed by atoms with Gasteiger partial charge in [-0.3, -0.25) is 9.78 Å². The summed E-state index contributed by atoms with van der Waals surface area (Å²) in [7, 11) is 0. The Kier molecular flexibility index (Phi) is 4.95. The molecule has 0 spiro atoms. The summed E-state index contributed by atoms with van der Waals surface area (Å²) in [5.74, 6) is -1.27. The number of halogens is 2. The fraction of sp³-hybridized carbons (Fsp3) is 0.100. The van der Waals surface area contributed by atoms with Crippen molar-refractivity contribution in [3.8, 4) is 11.1 Å². The molecule has 3 nitrogen and oxygen atoms in total. The molecule has 5 heteroatoms. The van der Waals surface area contributed by atoms with Gasteiger partial charge in [-0.1, -0.05) is 24.3 Å². The van der Waals surface area contributed by atoms with E-state index in [9.17, 15) is 13.6 Å². The van der Waals surface area contributed by atoms with E-state index in [2.05, 4.69) is 4.98 Å². The van der Waals surface area contributed by atoms with Crippen molar-refractivity contribution in [2.24, 2.45) is 5.73 Å². The van der Waals surface area contributed by atoms with Gasteiger partial charge in [-0.05, 0) is 41.8 Å². The highest BCUT2D eigenvalue weighted by atomic mass is 19.1. The van der Waals surface area contributed by atoms with E-state index in [1.54, 1.807) is 30.5 Å². The summed E-state index contributed by atoms with van der Waals surface area (Å²) in [5, 5.41) is 0. The van der Waals surface area contributed by atoms with Crippen molar-refractivity contribution in [2.75, 3.05) is 0 Å². The minimum Gasteiger partial charge on any atom is -0.322 e. The van der Waals surface area contributed by atoms with Gasteiger partial charge in [-0.2, -0.15) is 0 Å². The predicted octanol–water partition coefficient (Wildman–Crippen LogP) is 4.08. The molecule has 126 valence electrons. The van der Waals surface area contributed by atoms with Crippen molar-refractivity contribution in [1.82, 2.24) is 4.98 Å². The summed E-state index contributed by atoms with van der Waals surface area (Å²) in [5.41, 5.74) is 9.48. The molecule has 25 heavy (non-hydrogen) atoms. The molecule has 0 aliphatic heterocycles. The lowest BCUT2D eigenvalue weighted by Crippen LogP contribution is -2.16. The zero-order valence-electron chi connectivity index (χ0n) is 13.3. The highest BCUT2D eigenvalue weighted by Crippen LogP contribution is 2.28. The second-order valence-corrected chi connectivity index (χ2v) is 5.77. The van der Waals surface area contributed by atoms with E-state index in [0.717, 1.165) is 23.5 Å². The molecule has 3 aromatic rings. The first-order valence-corrected chi connectivity index (χ1v) is 7.78. The van der Waals surface area contributed by atoms with Gasteiger partial charge in [0.25, 0.3) is 0 Å². The number of nitrogens with zero attached hydrogens (tertiary/aromatic N) is 1. The summed E-state index contributed by atoms with van der Waals surface area (Å²) in [4.78, 5) is 15.4. The van der Waals surface area contributed by atoms with Gasteiger partial charge in [0, 0.05) is 23.4 Å². The minimum atomic E-state index is -0.637. The van der Waals surface area contributed by atoms with Crippen LogP contribution in [-0.4, -0.2) is 11.3 Å². The SMILES string of the molecule is N[C@@H](Cc1cc(F)cc(F)c1)c1ncccc1-c1cccc(C=O)c1. The van der Waals surface area contributed by atoms with E-state index in [1.165, 1.54) is 12.1 Å². The minimum absolute atomic E-state index is 0.242. The number of hydrogen-bond donors (Lipinski definition) is 1. The van der Waals surface area contributed by atoms with Crippen LogP contribution < -0.4 is 5.73 Å². The van der Waals surface area contributed by atoms with Crippen LogP contribution in [0.4, 0.5) is 8.78 Å². The van der Waals surface area contributed by atoms with Crippen LogP contribution in [0.3, 0.4) is 0 Å². The summed E-state index contributed by atoms with van der Waals surface area (Å²) in [6.45, 7) is 0. The summed E-state index contributed by atoms with van der Waals surface area (Å²) >= 11 is 0. The second kappa shape index (κ2) is 7.32. The Morgan fingerprint density at radius 3 is 2.52 bits per heavy atom. The lowest BCUT2D eigenvalue weighted by Gasteiger charge is -2.16. The number of benzene rings is 2. The van der Waals surface area contributed by atoms with Gasteiger partial charge >= 0.3 is 0 Å². The number of pyridine rings is 1. The number of rotatable bonds is 5. The van der Waals surface area contributed by atoms with Crippen LogP contribution >= 0.6 is 0 Å². The molecule has 1 aromatic heterocycles. The highest BCUT2D eigenvalue weighted by molar-refractivity contribution is 5.79. The topological polar surface area (TPSA) is 56.0 Å². The lowest BCUT2D eigenvalue weighted by atomic mass is 9.95. The van der Waals surface area contributed by atoms with Gasteiger partial charge in [-0.25, -0.2) is 8.78 Å². The summed E-state index contributed by atoms with van der Waals surface area (Å²) in [6, 6.07) is 13.6. The zero-order chi connectivity index (χ0) is 17.8. The molecule has 0 radical (unpaired) electrons. The Balaban J connectivity index is 1.95. The van der Waals surface area contributed by atoms with E-state index in [1.807, 2.05) is 12.1 Å². The number of nitrogens with two attached hydrogens (primary N) is 1. The largest absolute Gasteiger partial charge is 0.322 e. The molecule has 2 aromatic carbocycles. The first-order chi connectivity index (χ1) is 12.1. The first-order valence-electron chi connectivity index (χ1n) is 7.78. The van der Waals surface area contributed by atoms with E-state index >= 15 is 0 Å². The third kappa shape index (κ3) is 3.95. The maximum atomic E-state index is 13.4. The van der Waals surface area contributed by atoms with Gasteiger partial charge < -0.3 is 5.73 Å². The van der Waals surface area contributed by atoms with Crippen molar-refractivity contribution in [3.63, 3.8) is 0 Å². The molecule has 2 N–H and O–H groups in total. The van der Waals surface area contributed by atoms with E-state index in [-0.39, 0.29) is 6.42 Å². The predicted molar refractivity (Wildman–Crippen MR) is 92.1 cm³/mol. The zero-order valence-corrected chi connectivity index (χ0v) is 13.3. The standard InChI is InChI=1S/C20H16F2N2O/c21-16-8-14(9-17(22)11-16)10-19(23)20-18(5-2-6-24-20)15-4-1-3-13(7-15)12-25/h1-9,11-12,19H,10,23H2/t19-/m0/s1. The van der Waals surface area contributed by atoms with Crippen LogP contribution in [0.5, 0.6) is 0 Å². The van der Waals surface area contributed by atoms with Gasteiger partial charge in [0.2, 0.25) is 0 Å². The summed E-state index contributed by atoms with van der Waals surface area (Å²) in [6.07, 6.45) is 2.63. The van der Waals surface area contributed by atoms with Crippen molar-refractivity contribution in [2.45, 2.75) is 12.5 Å². The second-order valence-electron chi connectivity index (χ2n) is 5.77. The van der Waals surface area contributed by atoms with E-state index in [0.29, 0.717) is 16.8 Å². The lowest BCUT2D eigenvalue weighted by molar-refractivity contribution is 0.112. The third-order valence-corrected chi connectivity index (χ3v) is 3.90. The van der Waals surface area contributed by atoms with Crippen LogP contribution in [-0.2, 0) is 6.42 Å². The quantitative estimate of drug-likeness (QED) is 0.713. The maximum absolute atomic E-state index is 13.4. The molecule has 0 saturated heterocycles. The van der Waals surface area contributed by atoms with Gasteiger partial charge in [0.05, 0.1) is 11.7 Å².